The number of nitrogens with zero attached hydrogens (tertiary/aromatic N) is 2. The molecule has 20 heavy (non-hydrogen) atoms. The van der Waals surface area contributed by atoms with Crippen molar-refractivity contribution in [3.05, 3.63) is 58.6 Å². The van der Waals surface area contributed by atoms with Gasteiger partial charge in [-0.2, -0.15) is 5.26 Å². The van der Waals surface area contributed by atoms with E-state index in [0.717, 1.165) is 23.2 Å². The minimum Gasteiger partial charge on any atom is -0.420 e. The fourth-order valence-electron chi connectivity index (χ4n) is 2.56. The Bertz CT molecular complexity index is 709. The van der Waals surface area contributed by atoms with Gasteiger partial charge >= 0.3 is 0 Å². The third-order valence-electron chi connectivity index (χ3n) is 3.50. The number of rotatable bonds is 2. The zero-order valence-corrected chi connectivity index (χ0v) is 11.1. The molecule has 2 aromatic rings. The van der Waals surface area contributed by atoms with Crippen molar-refractivity contribution in [3.63, 3.8) is 0 Å². The summed E-state index contributed by atoms with van der Waals surface area (Å²) in [5, 5.41) is 16.5. The Balaban J connectivity index is 2.24. The van der Waals surface area contributed by atoms with Crippen LogP contribution >= 0.6 is 0 Å². The van der Waals surface area contributed by atoms with E-state index in [1.165, 1.54) is 0 Å². The Kier molecular flexibility index (Phi) is 2.92. The summed E-state index contributed by atoms with van der Waals surface area (Å²) in [5.74, 6) is 0.369. The Morgan fingerprint density at radius 3 is 2.80 bits per heavy atom. The zero-order chi connectivity index (χ0) is 14.1. The quantitative estimate of drug-likeness (QED) is 0.872. The van der Waals surface area contributed by atoms with Crippen LogP contribution < -0.4 is 10.5 Å². The molecule has 0 saturated heterocycles. The molecule has 3 N–H and O–H groups in total. The van der Waals surface area contributed by atoms with Crippen LogP contribution in [0.15, 0.2) is 41.8 Å². The zero-order valence-electron chi connectivity index (χ0n) is 11.1. The number of benzene rings is 1. The topological polar surface area (TPSA) is 87.7 Å². The maximum Gasteiger partial charge on any atom is 0.244 e. The number of H-pyrrole nitrogens is 1. The van der Waals surface area contributed by atoms with E-state index in [1.807, 2.05) is 37.3 Å². The normalized spacial score (nSPS) is 17.3. The van der Waals surface area contributed by atoms with E-state index in [-0.39, 0.29) is 11.8 Å². The minimum atomic E-state index is -0.223. The number of aromatic nitrogens is 2. The van der Waals surface area contributed by atoms with Crippen molar-refractivity contribution in [2.45, 2.75) is 19.3 Å². The maximum absolute atomic E-state index is 9.42. The average molecular weight is 266 g/mol. The summed E-state index contributed by atoms with van der Waals surface area (Å²) < 4.78 is 5.46. The second-order valence-corrected chi connectivity index (χ2v) is 4.61. The largest absolute Gasteiger partial charge is 0.420 e. The molecule has 0 fully saturated rings. The number of aryl methyl sites for hydroxylation is 1. The standard InChI is InChI=1S/C15H14N4O/c1-2-11-13-12(9-6-4-3-5-7-9)10(8-16)14(17)20-15(13)19-18-11/h3-7,12H,2,17H2,1H3,(H,18,19)/t12-/m0/s1. The number of hydrogen-bond acceptors (Lipinski definition) is 4. The molecule has 1 aromatic carbocycles. The maximum atomic E-state index is 9.42. The first-order valence-electron chi connectivity index (χ1n) is 6.46. The van der Waals surface area contributed by atoms with Crippen LogP contribution in [-0.2, 0) is 6.42 Å². The van der Waals surface area contributed by atoms with Crippen LogP contribution in [0.3, 0.4) is 0 Å². The summed E-state index contributed by atoms with van der Waals surface area (Å²) in [6.45, 7) is 2.03. The van der Waals surface area contributed by atoms with E-state index >= 15 is 0 Å². The van der Waals surface area contributed by atoms with Crippen LogP contribution in [0.1, 0.15) is 29.7 Å². The third kappa shape index (κ3) is 1.74. The number of nitrogens with two attached hydrogens (primary N) is 1. The Morgan fingerprint density at radius 1 is 1.40 bits per heavy atom. The van der Waals surface area contributed by atoms with Gasteiger partial charge in [0.05, 0.1) is 5.92 Å². The van der Waals surface area contributed by atoms with E-state index in [9.17, 15) is 5.26 Å². The van der Waals surface area contributed by atoms with Crippen molar-refractivity contribution >= 4 is 0 Å². The molecular formula is C15H14N4O. The van der Waals surface area contributed by atoms with Gasteiger partial charge in [-0.25, -0.2) is 0 Å². The molecule has 1 atom stereocenters. The van der Waals surface area contributed by atoms with Gasteiger partial charge in [-0.3, -0.25) is 5.10 Å². The molecule has 1 aromatic heterocycles. The lowest BCUT2D eigenvalue weighted by Gasteiger charge is -2.23. The summed E-state index contributed by atoms with van der Waals surface area (Å²) in [4.78, 5) is 0. The molecule has 0 spiro atoms. The molecule has 3 rings (SSSR count). The fourth-order valence-corrected chi connectivity index (χ4v) is 2.56. The predicted octanol–water partition coefficient (Wildman–Crippen LogP) is 2.19. The number of nitriles is 1. The van der Waals surface area contributed by atoms with Gasteiger partial charge in [0.1, 0.15) is 11.6 Å². The van der Waals surface area contributed by atoms with Gasteiger partial charge in [0.2, 0.25) is 11.8 Å². The molecule has 1 aliphatic rings. The Labute approximate surface area is 116 Å². The van der Waals surface area contributed by atoms with Gasteiger partial charge in [0.15, 0.2) is 0 Å². The number of allylic oxidation sites excluding steroid dienone is 1. The van der Waals surface area contributed by atoms with E-state index in [1.54, 1.807) is 0 Å². The number of fused-ring (bicyclic) bond motifs is 1. The predicted molar refractivity (Wildman–Crippen MR) is 73.7 cm³/mol. The molecular weight excluding hydrogens is 252 g/mol. The molecule has 0 aliphatic carbocycles. The highest BCUT2D eigenvalue weighted by Gasteiger charge is 2.34. The SMILES string of the molecule is CCc1[nH]nc2c1[C@@H](c1ccccc1)C(C#N)=C(N)O2. The number of aromatic amines is 1. The van der Waals surface area contributed by atoms with Gasteiger partial charge in [0, 0.05) is 11.3 Å². The number of nitrogens with one attached hydrogen (secondary N) is 1. The van der Waals surface area contributed by atoms with E-state index in [0.29, 0.717) is 11.5 Å². The van der Waals surface area contributed by atoms with Crippen LogP contribution in [-0.4, -0.2) is 10.2 Å². The highest BCUT2D eigenvalue weighted by atomic mass is 16.5. The summed E-state index contributed by atoms with van der Waals surface area (Å²) >= 11 is 0. The molecule has 5 heteroatoms. The molecule has 1 aliphatic heterocycles. The van der Waals surface area contributed by atoms with Crippen molar-refractivity contribution in [1.29, 1.82) is 5.26 Å². The molecule has 100 valence electrons. The van der Waals surface area contributed by atoms with Gasteiger partial charge in [-0.05, 0) is 12.0 Å². The van der Waals surface area contributed by atoms with Crippen molar-refractivity contribution in [1.82, 2.24) is 10.2 Å². The van der Waals surface area contributed by atoms with Gasteiger partial charge in [-0.15, -0.1) is 5.10 Å². The molecule has 0 amide bonds. The highest BCUT2D eigenvalue weighted by Crippen LogP contribution is 2.42. The van der Waals surface area contributed by atoms with E-state index < -0.39 is 0 Å². The average Bonchev–Trinajstić information content (AvgIpc) is 2.89. The van der Waals surface area contributed by atoms with Crippen molar-refractivity contribution in [2.75, 3.05) is 0 Å². The van der Waals surface area contributed by atoms with E-state index in [2.05, 4.69) is 16.3 Å². The minimum absolute atomic E-state index is 0.128. The summed E-state index contributed by atoms with van der Waals surface area (Å²) in [7, 11) is 0. The highest BCUT2D eigenvalue weighted by molar-refractivity contribution is 5.54. The summed E-state index contributed by atoms with van der Waals surface area (Å²) in [5.41, 5.74) is 9.17. The molecule has 0 radical (unpaired) electrons. The van der Waals surface area contributed by atoms with E-state index in [4.69, 9.17) is 10.5 Å². The molecule has 0 saturated carbocycles. The van der Waals surface area contributed by atoms with Gasteiger partial charge in [0.25, 0.3) is 0 Å². The van der Waals surface area contributed by atoms with Crippen LogP contribution in [0.25, 0.3) is 0 Å². The number of hydrogen-bond donors (Lipinski definition) is 2. The second-order valence-electron chi connectivity index (χ2n) is 4.61. The monoisotopic (exact) mass is 266 g/mol. The molecule has 0 bridgehead atoms. The Morgan fingerprint density at radius 2 is 2.15 bits per heavy atom. The first-order valence-corrected chi connectivity index (χ1v) is 6.46. The lowest BCUT2D eigenvalue weighted by Crippen LogP contribution is -2.21. The Hall–Kier alpha value is -2.74. The van der Waals surface area contributed by atoms with Gasteiger partial charge < -0.3 is 10.5 Å². The van der Waals surface area contributed by atoms with Crippen LogP contribution in [0.4, 0.5) is 0 Å². The van der Waals surface area contributed by atoms with Crippen molar-refractivity contribution < 1.29 is 4.74 Å². The molecule has 2 heterocycles. The smallest absolute Gasteiger partial charge is 0.244 e. The second kappa shape index (κ2) is 4.74. The number of ether oxygens (including phenoxy) is 1. The first-order chi connectivity index (χ1) is 9.76. The summed E-state index contributed by atoms with van der Waals surface area (Å²) in [6, 6.07) is 12.0. The van der Waals surface area contributed by atoms with Crippen LogP contribution in [0.2, 0.25) is 0 Å². The first kappa shape index (κ1) is 12.3. The van der Waals surface area contributed by atoms with Crippen LogP contribution in [0.5, 0.6) is 5.88 Å². The lowest BCUT2D eigenvalue weighted by molar-refractivity contribution is 0.378. The fraction of sp³-hybridized carbons (Fsp3) is 0.200. The van der Waals surface area contributed by atoms with Crippen LogP contribution in [0, 0.1) is 11.3 Å². The van der Waals surface area contributed by atoms with Crippen molar-refractivity contribution in [2.24, 2.45) is 5.73 Å². The lowest BCUT2D eigenvalue weighted by atomic mass is 9.84. The third-order valence-corrected chi connectivity index (χ3v) is 3.50. The molecule has 0 unspecified atom stereocenters. The van der Waals surface area contributed by atoms with Crippen molar-refractivity contribution in [3.8, 4) is 11.9 Å². The summed E-state index contributed by atoms with van der Waals surface area (Å²) in [6.07, 6.45) is 0.785. The molecule has 5 nitrogen and oxygen atoms in total. The van der Waals surface area contributed by atoms with Gasteiger partial charge in [-0.1, -0.05) is 37.3 Å².